The summed E-state index contributed by atoms with van der Waals surface area (Å²) in [6.07, 6.45) is 2.07. The second-order valence-corrected chi connectivity index (χ2v) is 6.71. The third kappa shape index (κ3) is 4.43. The van der Waals surface area contributed by atoms with Gasteiger partial charge in [-0.1, -0.05) is 12.1 Å². The van der Waals surface area contributed by atoms with E-state index in [0.717, 1.165) is 32.5 Å². The van der Waals surface area contributed by atoms with Gasteiger partial charge in [-0.15, -0.1) is 25.3 Å². The molecule has 1 aromatic rings. The first-order chi connectivity index (χ1) is 9.56. The van der Waals surface area contributed by atoms with E-state index >= 15 is 0 Å². The first kappa shape index (κ1) is 15.7. The van der Waals surface area contributed by atoms with Crippen molar-refractivity contribution in [2.45, 2.75) is 24.1 Å². The van der Waals surface area contributed by atoms with Crippen LogP contribution in [0.25, 0.3) is 0 Å². The summed E-state index contributed by atoms with van der Waals surface area (Å²) in [4.78, 5) is 9.12. The summed E-state index contributed by atoms with van der Waals surface area (Å²) >= 11 is 8.70. The molecule has 1 fully saturated rings. The number of piperidine rings is 1. The summed E-state index contributed by atoms with van der Waals surface area (Å²) in [7, 11) is 4.11. The van der Waals surface area contributed by atoms with Crippen LogP contribution in [0.4, 0.5) is 5.69 Å². The average molecular weight is 310 g/mol. The van der Waals surface area contributed by atoms with Crippen LogP contribution in [0, 0.1) is 0 Å². The minimum atomic E-state index is 0.0510. The molecule has 0 N–H and O–H groups in total. The minimum Gasteiger partial charge on any atom is -0.378 e. The minimum absolute atomic E-state index is 0.0510. The highest BCUT2D eigenvalue weighted by molar-refractivity contribution is 7.99. The monoisotopic (exact) mass is 309 g/mol. The third-order valence-electron chi connectivity index (χ3n) is 3.64. The van der Waals surface area contributed by atoms with Gasteiger partial charge >= 0.3 is 0 Å². The van der Waals surface area contributed by atoms with Crippen LogP contribution in [-0.2, 0) is 6.54 Å². The summed E-state index contributed by atoms with van der Waals surface area (Å²) in [5, 5.41) is 0. The summed E-state index contributed by atoms with van der Waals surface area (Å²) in [6, 6.07) is 8.60. The van der Waals surface area contributed by atoms with E-state index in [4.69, 9.17) is 4.99 Å². The number of hydrogen-bond acceptors (Lipinski definition) is 5. The van der Waals surface area contributed by atoms with Crippen LogP contribution < -0.4 is 4.90 Å². The van der Waals surface area contributed by atoms with Crippen molar-refractivity contribution in [2.24, 2.45) is 4.99 Å². The maximum Gasteiger partial charge on any atom is 0.0969 e. The standard InChI is InChI=1S/C15H23N3S2/c1-17(2)14-5-3-12(4-6-14)11-16-13-7-9-18(10-8-13)15(19)20/h3-6,15,19-20H,7-11H2,1-2H3. The number of nitrogens with zero attached hydrogens (tertiary/aromatic N) is 3. The molecule has 3 nitrogen and oxygen atoms in total. The normalized spacial score (nSPS) is 16.6. The van der Waals surface area contributed by atoms with Crippen molar-refractivity contribution in [1.82, 2.24) is 4.90 Å². The lowest BCUT2D eigenvalue weighted by molar-refractivity contribution is 0.307. The maximum atomic E-state index is 4.75. The van der Waals surface area contributed by atoms with Crippen LogP contribution in [-0.4, -0.2) is 42.5 Å². The Morgan fingerprint density at radius 3 is 2.25 bits per heavy atom. The fourth-order valence-electron chi connectivity index (χ4n) is 2.27. The Hall–Kier alpha value is -0.650. The molecule has 20 heavy (non-hydrogen) atoms. The summed E-state index contributed by atoms with van der Waals surface area (Å²) in [5.74, 6) is 0. The van der Waals surface area contributed by atoms with Gasteiger partial charge in [0, 0.05) is 38.6 Å². The second kappa shape index (κ2) is 7.38. The number of likely N-dealkylation sites (tertiary alicyclic amines) is 1. The van der Waals surface area contributed by atoms with Crippen molar-refractivity contribution >= 4 is 36.7 Å². The van der Waals surface area contributed by atoms with E-state index in [1.54, 1.807) is 0 Å². The van der Waals surface area contributed by atoms with Crippen LogP contribution in [0.3, 0.4) is 0 Å². The Balaban J connectivity index is 1.87. The molecule has 110 valence electrons. The molecule has 0 bridgehead atoms. The van der Waals surface area contributed by atoms with Crippen LogP contribution >= 0.6 is 25.3 Å². The van der Waals surface area contributed by atoms with Crippen molar-refractivity contribution in [3.05, 3.63) is 29.8 Å². The average Bonchev–Trinajstić information content (AvgIpc) is 2.46. The Labute approximate surface area is 132 Å². The van der Waals surface area contributed by atoms with Gasteiger partial charge in [-0.3, -0.25) is 9.89 Å². The van der Waals surface area contributed by atoms with Gasteiger partial charge in [-0.2, -0.15) is 0 Å². The molecule has 0 unspecified atom stereocenters. The molecule has 5 heteroatoms. The molecule has 0 radical (unpaired) electrons. The van der Waals surface area contributed by atoms with E-state index < -0.39 is 0 Å². The third-order valence-corrected chi connectivity index (χ3v) is 4.29. The van der Waals surface area contributed by atoms with Crippen molar-refractivity contribution in [1.29, 1.82) is 0 Å². The number of rotatable bonds is 4. The van der Waals surface area contributed by atoms with Gasteiger partial charge in [-0.25, -0.2) is 0 Å². The lowest BCUT2D eigenvalue weighted by Gasteiger charge is -2.29. The SMILES string of the molecule is CN(C)c1ccc(CN=C2CCN(C(S)S)CC2)cc1. The predicted molar refractivity (Wildman–Crippen MR) is 94.5 cm³/mol. The molecule has 0 aliphatic carbocycles. The van der Waals surface area contributed by atoms with Crippen molar-refractivity contribution in [3.63, 3.8) is 0 Å². The molecule has 2 rings (SSSR count). The Morgan fingerprint density at radius 2 is 1.75 bits per heavy atom. The van der Waals surface area contributed by atoms with E-state index in [1.165, 1.54) is 17.0 Å². The van der Waals surface area contributed by atoms with E-state index in [0.29, 0.717) is 0 Å². The fourth-order valence-corrected chi connectivity index (χ4v) is 2.74. The van der Waals surface area contributed by atoms with Gasteiger partial charge in [0.05, 0.1) is 11.3 Å². The summed E-state index contributed by atoms with van der Waals surface area (Å²) in [6.45, 7) is 2.81. The molecular formula is C15H23N3S2. The van der Waals surface area contributed by atoms with Crippen LogP contribution in [0.5, 0.6) is 0 Å². The molecular weight excluding hydrogens is 286 g/mol. The van der Waals surface area contributed by atoms with Crippen molar-refractivity contribution in [3.8, 4) is 0 Å². The van der Waals surface area contributed by atoms with Crippen molar-refractivity contribution in [2.75, 3.05) is 32.1 Å². The van der Waals surface area contributed by atoms with Crippen LogP contribution in [0.15, 0.2) is 29.3 Å². The molecule has 1 aliphatic rings. The van der Waals surface area contributed by atoms with Gasteiger partial charge < -0.3 is 4.90 Å². The van der Waals surface area contributed by atoms with Gasteiger partial charge in [-0.05, 0) is 30.5 Å². The molecule has 1 aromatic carbocycles. The number of thiol groups is 2. The zero-order valence-corrected chi connectivity index (χ0v) is 13.9. The topological polar surface area (TPSA) is 18.8 Å². The van der Waals surface area contributed by atoms with Crippen LogP contribution in [0.1, 0.15) is 18.4 Å². The molecule has 1 heterocycles. The summed E-state index contributed by atoms with van der Waals surface area (Å²) in [5.41, 5.74) is 3.82. The Kier molecular flexibility index (Phi) is 5.81. The highest BCUT2D eigenvalue weighted by atomic mass is 32.2. The zero-order chi connectivity index (χ0) is 14.5. The van der Waals surface area contributed by atoms with Gasteiger partial charge in [0.15, 0.2) is 0 Å². The maximum absolute atomic E-state index is 4.75. The number of hydrogen-bond donors (Lipinski definition) is 2. The molecule has 0 amide bonds. The van der Waals surface area contributed by atoms with E-state index in [-0.39, 0.29) is 4.71 Å². The predicted octanol–water partition coefficient (Wildman–Crippen LogP) is 2.93. The highest BCUT2D eigenvalue weighted by Gasteiger charge is 2.17. The Morgan fingerprint density at radius 1 is 1.15 bits per heavy atom. The molecule has 0 saturated carbocycles. The molecule has 1 saturated heterocycles. The van der Waals surface area contributed by atoms with Crippen molar-refractivity contribution < 1.29 is 0 Å². The lowest BCUT2D eigenvalue weighted by Crippen LogP contribution is -2.36. The Bertz CT molecular complexity index is 445. The van der Waals surface area contributed by atoms with E-state index in [1.807, 2.05) is 0 Å². The fraction of sp³-hybridized carbons (Fsp3) is 0.533. The molecule has 0 aromatic heterocycles. The van der Waals surface area contributed by atoms with Gasteiger partial charge in [0.25, 0.3) is 0 Å². The van der Waals surface area contributed by atoms with E-state index in [9.17, 15) is 0 Å². The first-order valence-corrected chi connectivity index (χ1v) is 7.98. The molecule has 0 spiro atoms. The molecule has 0 atom stereocenters. The van der Waals surface area contributed by atoms with Crippen LogP contribution in [0.2, 0.25) is 0 Å². The first-order valence-electron chi connectivity index (χ1n) is 6.95. The number of aliphatic imine (C=N–C) groups is 1. The highest BCUT2D eigenvalue weighted by Crippen LogP contribution is 2.17. The van der Waals surface area contributed by atoms with Gasteiger partial charge in [0.1, 0.15) is 0 Å². The largest absolute Gasteiger partial charge is 0.378 e. The molecule has 1 aliphatic heterocycles. The quantitative estimate of drug-likeness (QED) is 0.658. The van der Waals surface area contributed by atoms with Gasteiger partial charge in [0.2, 0.25) is 0 Å². The summed E-state index contributed by atoms with van der Waals surface area (Å²) < 4.78 is 0.0510. The second-order valence-electron chi connectivity index (χ2n) is 5.33. The smallest absolute Gasteiger partial charge is 0.0969 e. The van der Waals surface area contributed by atoms with E-state index in [2.05, 4.69) is 73.4 Å². The lowest BCUT2D eigenvalue weighted by atomic mass is 10.1. The zero-order valence-electron chi connectivity index (χ0n) is 12.2. The number of benzene rings is 1. The number of anilines is 1.